The summed E-state index contributed by atoms with van der Waals surface area (Å²) in [6.07, 6.45) is -3.81. The minimum atomic E-state index is -4.46. The van der Waals surface area contributed by atoms with Gasteiger partial charge in [0, 0.05) is 62.3 Å². The molecule has 2 N–H and O–H groups in total. The summed E-state index contributed by atoms with van der Waals surface area (Å²) in [5.41, 5.74) is 1.22. The zero-order valence-corrected chi connectivity index (χ0v) is 22.6. The molecule has 0 aliphatic carbocycles. The van der Waals surface area contributed by atoms with Gasteiger partial charge in [-0.3, -0.25) is 14.7 Å². The van der Waals surface area contributed by atoms with E-state index in [2.05, 4.69) is 25.5 Å². The zero-order valence-electron chi connectivity index (χ0n) is 22.6. The lowest BCUT2D eigenvalue weighted by atomic mass is 10.1. The fourth-order valence-electron chi connectivity index (χ4n) is 4.50. The van der Waals surface area contributed by atoms with Crippen LogP contribution < -0.4 is 15.5 Å². The molecular weight excluding hydrogens is 552 g/mol. The molecule has 14 heteroatoms. The maximum atomic E-state index is 13.0. The highest BCUT2D eigenvalue weighted by Crippen LogP contribution is 2.32. The van der Waals surface area contributed by atoms with Gasteiger partial charge in [0.25, 0.3) is 0 Å². The molecule has 1 fully saturated rings. The number of fused-ring (bicyclic) bond motifs is 1. The number of benzene rings is 1. The number of aromatic nitrogens is 2. The highest BCUT2D eigenvalue weighted by atomic mass is 19.4. The second kappa shape index (κ2) is 12.5. The van der Waals surface area contributed by atoms with E-state index >= 15 is 0 Å². The molecule has 0 spiro atoms. The molecule has 8 nitrogen and oxygen atoms in total. The van der Waals surface area contributed by atoms with Gasteiger partial charge in [-0.2, -0.15) is 31.3 Å². The van der Waals surface area contributed by atoms with Gasteiger partial charge in [0.15, 0.2) is 0 Å². The fraction of sp³-hybridized carbons (Fsp3) is 0.481. The maximum absolute atomic E-state index is 13.0. The molecule has 0 bridgehead atoms. The van der Waals surface area contributed by atoms with Crippen molar-refractivity contribution in [1.82, 2.24) is 20.2 Å². The van der Waals surface area contributed by atoms with Gasteiger partial charge in [-0.15, -0.1) is 0 Å². The lowest BCUT2D eigenvalue weighted by Gasteiger charge is -2.28. The number of aliphatic imine (C=N–C) groups is 1. The van der Waals surface area contributed by atoms with Gasteiger partial charge in [-0.1, -0.05) is 0 Å². The Kier molecular flexibility index (Phi) is 9.20. The van der Waals surface area contributed by atoms with Gasteiger partial charge >= 0.3 is 12.4 Å². The standard InChI is InChI=1S/C27H31F6N7O/c1-17(26(28,29)30)15-34-10-7-18(2)39-12-8-21-22(9-13-39)37-25(40-14-11-35-23(41)16-40)38-24(21)36-20-5-3-19(4-6-20)27(31,32)33/h3-7,10,15,17-18H,8-9,11-14,16H2,1-2H3,(H,35,41)(H,36,37,38)/b10-7-,34-15?. The third kappa shape index (κ3) is 7.96. The number of amides is 1. The summed E-state index contributed by atoms with van der Waals surface area (Å²) in [6.45, 7) is 5.15. The first-order valence-corrected chi connectivity index (χ1v) is 13.2. The average molecular weight is 584 g/mol. The van der Waals surface area contributed by atoms with E-state index in [-0.39, 0.29) is 18.5 Å². The zero-order chi connectivity index (χ0) is 29.8. The molecule has 4 rings (SSSR count). The van der Waals surface area contributed by atoms with E-state index in [0.717, 1.165) is 36.5 Å². The molecule has 0 radical (unpaired) electrons. The van der Waals surface area contributed by atoms with Crippen molar-refractivity contribution in [3.63, 3.8) is 0 Å². The first kappa shape index (κ1) is 30.3. The number of hydrogen-bond donors (Lipinski definition) is 2. The van der Waals surface area contributed by atoms with Crippen LogP contribution in [0.5, 0.6) is 0 Å². The number of carbonyl (C=O) groups excluding carboxylic acids is 1. The normalized spacial score (nSPS) is 18.7. The van der Waals surface area contributed by atoms with Crippen molar-refractivity contribution in [3.8, 4) is 0 Å². The van der Waals surface area contributed by atoms with Crippen molar-refractivity contribution in [2.45, 2.75) is 45.1 Å². The lowest BCUT2D eigenvalue weighted by Crippen LogP contribution is -2.48. The van der Waals surface area contributed by atoms with Crippen molar-refractivity contribution in [2.24, 2.45) is 10.9 Å². The summed E-state index contributed by atoms with van der Waals surface area (Å²) in [4.78, 5) is 29.1. The number of rotatable bonds is 7. The molecular formula is C27H31F6N7O. The third-order valence-corrected chi connectivity index (χ3v) is 7.01. The Morgan fingerprint density at radius 2 is 1.73 bits per heavy atom. The predicted octanol–water partition coefficient (Wildman–Crippen LogP) is 4.75. The molecule has 222 valence electrons. The van der Waals surface area contributed by atoms with Crippen LogP contribution in [-0.4, -0.2) is 71.9 Å². The van der Waals surface area contributed by atoms with Gasteiger partial charge in [0.1, 0.15) is 5.82 Å². The second-order valence-corrected chi connectivity index (χ2v) is 10.0. The summed E-state index contributed by atoms with van der Waals surface area (Å²) in [6, 6.07) is 4.52. The molecule has 1 aromatic carbocycles. The van der Waals surface area contributed by atoms with E-state index in [1.165, 1.54) is 18.3 Å². The Labute approximate surface area is 233 Å². The first-order chi connectivity index (χ1) is 19.3. The molecule has 2 aliphatic heterocycles. The second-order valence-electron chi connectivity index (χ2n) is 10.0. The summed E-state index contributed by atoms with van der Waals surface area (Å²) in [7, 11) is 0. The van der Waals surface area contributed by atoms with Crippen LogP contribution in [-0.2, 0) is 23.8 Å². The van der Waals surface area contributed by atoms with Crippen LogP contribution in [0.3, 0.4) is 0 Å². The Morgan fingerprint density at radius 3 is 2.39 bits per heavy atom. The SMILES string of the molecule is CC(/C=C\N=CC(C)C(F)(F)F)N1CCc2nc(N3CCNC(=O)C3)nc(Nc3ccc(C(F)(F)F)cc3)c2CC1. The maximum Gasteiger partial charge on any atom is 0.416 e. The summed E-state index contributed by atoms with van der Waals surface area (Å²) in [5.74, 6) is -1.01. The third-order valence-electron chi connectivity index (χ3n) is 7.01. The number of nitrogens with zero attached hydrogens (tertiary/aromatic N) is 5. The van der Waals surface area contributed by atoms with Crippen LogP contribution in [0.15, 0.2) is 41.5 Å². The molecule has 2 atom stereocenters. The average Bonchev–Trinajstić information content (AvgIpc) is 3.13. The number of hydrogen-bond acceptors (Lipinski definition) is 7. The number of nitrogens with one attached hydrogen (secondary N) is 2. The number of piperazine rings is 1. The molecule has 1 amide bonds. The summed E-state index contributed by atoms with van der Waals surface area (Å²) >= 11 is 0. The minimum Gasteiger partial charge on any atom is -0.353 e. The van der Waals surface area contributed by atoms with Crippen molar-refractivity contribution in [2.75, 3.05) is 42.9 Å². The van der Waals surface area contributed by atoms with Gasteiger partial charge in [-0.05, 0) is 50.6 Å². The van der Waals surface area contributed by atoms with Crippen LogP contribution >= 0.6 is 0 Å². The Balaban J connectivity index is 1.55. The molecule has 0 saturated carbocycles. The molecule has 2 aromatic rings. The Bertz CT molecular complexity index is 1280. The van der Waals surface area contributed by atoms with Gasteiger partial charge in [0.05, 0.1) is 23.7 Å². The van der Waals surface area contributed by atoms with Crippen molar-refractivity contribution in [3.05, 3.63) is 53.4 Å². The van der Waals surface area contributed by atoms with Gasteiger partial charge < -0.3 is 15.5 Å². The van der Waals surface area contributed by atoms with Crippen molar-refractivity contribution >= 4 is 29.6 Å². The molecule has 1 aromatic heterocycles. The fourth-order valence-corrected chi connectivity index (χ4v) is 4.50. The number of alkyl halides is 6. The van der Waals surface area contributed by atoms with E-state index in [4.69, 9.17) is 4.98 Å². The van der Waals surface area contributed by atoms with Crippen LogP contribution in [0.2, 0.25) is 0 Å². The molecule has 2 unspecified atom stereocenters. The Hall–Kier alpha value is -3.68. The monoisotopic (exact) mass is 583 g/mol. The minimum absolute atomic E-state index is 0.0833. The van der Waals surface area contributed by atoms with Crippen molar-refractivity contribution < 1.29 is 31.1 Å². The topological polar surface area (TPSA) is 85.8 Å². The predicted molar refractivity (Wildman–Crippen MR) is 143 cm³/mol. The van der Waals surface area contributed by atoms with E-state index in [1.807, 2.05) is 6.92 Å². The van der Waals surface area contributed by atoms with Crippen LogP contribution in [0.25, 0.3) is 0 Å². The van der Waals surface area contributed by atoms with E-state index < -0.39 is 23.8 Å². The summed E-state index contributed by atoms with van der Waals surface area (Å²) in [5, 5.41) is 5.90. The number of carbonyl (C=O) groups is 1. The Morgan fingerprint density at radius 1 is 1.02 bits per heavy atom. The van der Waals surface area contributed by atoms with Crippen LogP contribution in [0.1, 0.15) is 30.7 Å². The van der Waals surface area contributed by atoms with Crippen LogP contribution in [0, 0.1) is 5.92 Å². The van der Waals surface area contributed by atoms with Crippen molar-refractivity contribution in [1.29, 1.82) is 0 Å². The quantitative estimate of drug-likeness (QED) is 0.362. The summed E-state index contributed by atoms with van der Waals surface area (Å²) < 4.78 is 77.2. The lowest BCUT2D eigenvalue weighted by molar-refractivity contribution is -0.149. The van der Waals surface area contributed by atoms with E-state index in [0.29, 0.717) is 56.5 Å². The first-order valence-electron chi connectivity index (χ1n) is 13.2. The number of anilines is 3. The van der Waals surface area contributed by atoms with E-state index in [1.54, 1.807) is 11.0 Å². The van der Waals surface area contributed by atoms with Gasteiger partial charge in [0.2, 0.25) is 11.9 Å². The highest BCUT2D eigenvalue weighted by Gasteiger charge is 2.34. The molecule has 1 saturated heterocycles. The molecule has 41 heavy (non-hydrogen) atoms. The number of halogens is 6. The van der Waals surface area contributed by atoms with Crippen LogP contribution in [0.4, 0.5) is 43.8 Å². The largest absolute Gasteiger partial charge is 0.416 e. The molecule has 2 aliphatic rings. The van der Waals surface area contributed by atoms with E-state index in [9.17, 15) is 31.1 Å². The highest BCUT2D eigenvalue weighted by molar-refractivity contribution is 5.82. The molecule has 3 heterocycles. The van der Waals surface area contributed by atoms with Gasteiger partial charge in [-0.25, -0.2) is 4.98 Å². The smallest absolute Gasteiger partial charge is 0.353 e.